The molecule has 1 saturated heterocycles. The van der Waals surface area contributed by atoms with E-state index in [-0.39, 0.29) is 23.2 Å². The number of hydrogen-bond acceptors (Lipinski definition) is 5. The van der Waals surface area contributed by atoms with Gasteiger partial charge in [-0.05, 0) is 27.6 Å². The number of aromatic nitrogens is 1. The Bertz CT molecular complexity index is 511. The van der Waals surface area contributed by atoms with E-state index in [9.17, 15) is 14.9 Å². The molecule has 0 aliphatic carbocycles. The fourth-order valence-electron chi connectivity index (χ4n) is 1.94. The van der Waals surface area contributed by atoms with Gasteiger partial charge in [0.2, 0.25) is 5.91 Å². The quantitative estimate of drug-likeness (QED) is 0.522. The number of amides is 1. The van der Waals surface area contributed by atoms with Gasteiger partial charge >= 0.3 is 5.69 Å². The second-order valence-electron chi connectivity index (χ2n) is 4.00. The minimum Gasteiger partial charge on any atom is -0.305 e. The van der Waals surface area contributed by atoms with Crippen LogP contribution in [0.2, 0.25) is 0 Å². The fraction of sp³-hybridized carbons (Fsp3) is 0.400. The Kier molecular flexibility index (Phi) is 3.86. The molecule has 1 amide bonds. The molecule has 1 aliphatic heterocycles. The van der Waals surface area contributed by atoms with Gasteiger partial charge in [0.15, 0.2) is 0 Å². The zero-order valence-electron chi connectivity index (χ0n) is 9.24. The standard InChI is InChI=1S/C10H10BrN3O3S/c11-7-2-12-3-8(14(16)17)10(7)13-4-6(5-18)1-9(13)15/h2-3,6,18H,1,4-5H2. The molecular formula is C10H10BrN3O3S. The molecule has 1 fully saturated rings. The van der Waals surface area contributed by atoms with Crippen molar-refractivity contribution in [2.75, 3.05) is 17.2 Å². The highest BCUT2D eigenvalue weighted by atomic mass is 79.9. The van der Waals surface area contributed by atoms with Crippen LogP contribution in [0.5, 0.6) is 0 Å². The van der Waals surface area contributed by atoms with Crippen molar-refractivity contribution in [2.24, 2.45) is 5.92 Å². The Morgan fingerprint density at radius 2 is 2.33 bits per heavy atom. The normalized spacial score (nSPS) is 19.3. The number of nitro groups is 1. The van der Waals surface area contributed by atoms with Gasteiger partial charge in [-0.15, -0.1) is 0 Å². The van der Waals surface area contributed by atoms with Crippen molar-refractivity contribution in [3.8, 4) is 0 Å². The highest BCUT2D eigenvalue weighted by molar-refractivity contribution is 9.10. The van der Waals surface area contributed by atoms with E-state index in [1.54, 1.807) is 0 Å². The van der Waals surface area contributed by atoms with Crippen LogP contribution in [0.3, 0.4) is 0 Å². The molecular weight excluding hydrogens is 322 g/mol. The summed E-state index contributed by atoms with van der Waals surface area (Å²) >= 11 is 7.38. The fourth-order valence-corrected chi connectivity index (χ4v) is 2.72. The minimum absolute atomic E-state index is 0.121. The lowest BCUT2D eigenvalue weighted by Gasteiger charge is -2.17. The van der Waals surface area contributed by atoms with Gasteiger partial charge in [-0.3, -0.25) is 19.9 Å². The smallest absolute Gasteiger partial charge is 0.305 e. The number of pyridine rings is 1. The van der Waals surface area contributed by atoms with Crippen LogP contribution >= 0.6 is 28.6 Å². The third-order valence-electron chi connectivity index (χ3n) is 2.78. The summed E-state index contributed by atoms with van der Waals surface area (Å²) in [5.74, 6) is 0.586. The van der Waals surface area contributed by atoms with Crippen LogP contribution in [0.1, 0.15) is 6.42 Å². The Labute approximate surface area is 117 Å². The van der Waals surface area contributed by atoms with Crippen LogP contribution in [-0.2, 0) is 4.79 Å². The summed E-state index contributed by atoms with van der Waals surface area (Å²) < 4.78 is 0.449. The highest BCUT2D eigenvalue weighted by Gasteiger charge is 2.35. The first-order valence-corrected chi connectivity index (χ1v) is 6.66. The molecule has 96 valence electrons. The highest BCUT2D eigenvalue weighted by Crippen LogP contribution is 2.38. The van der Waals surface area contributed by atoms with Gasteiger partial charge < -0.3 is 4.90 Å². The van der Waals surface area contributed by atoms with E-state index in [2.05, 4.69) is 33.5 Å². The van der Waals surface area contributed by atoms with Gasteiger partial charge in [-0.1, -0.05) is 0 Å². The Morgan fingerprint density at radius 3 is 2.89 bits per heavy atom. The number of halogens is 1. The van der Waals surface area contributed by atoms with E-state index >= 15 is 0 Å². The van der Waals surface area contributed by atoms with Crippen LogP contribution in [0.4, 0.5) is 11.4 Å². The topological polar surface area (TPSA) is 76.3 Å². The summed E-state index contributed by atoms with van der Waals surface area (Å²) in [6, 6.07) is 0. The number of carbonyl (C=O) groups excluding carboxylic acids is 1. The SMILES string of the molecule is O=C1CC(CS)CN1c1c(Br)cncc1[N+](=O)[O-]. The molecule has 6 nitrogen and oxygen atoms in total. The number of anilines is 1. The largest absolute Gasteiger partial charge is 0.312 e. The van der Waals surface area contributed by atoms with Crippen molar-refractivity contribution in [3.63, 3.8) is 0 Å². The van der Waals surface area contributed by atoms with E-state index in [0.717, 1.165) is 6.20 Å². The van der Waals surface area contributed by atoms with E-state index in [1.807, 2.05) is 0 Å². The average molecular weight is 332 g/mol. The van der Waals surface area contributed by atoms with Crippen LogP contribution in [-0.4, -0.2) is 28.1 Å². The molecule has 2 heterocycles. The molecule has 1 aromatic rings. The Morgan fingerprint density at radius 1 is 1.61 bits per heavy atom. The van der Waals surface area contributed by atoms with Gasteiger partial charge in [0.1, 0.15) is 11.9 Å². The minimum atomic E-state index is -0.533. The third kappa shape index (κ3) is 2.35. The molecule has 1 aromatic heterocycles. The molecule has 2 rings (SSSR count). The molecule has 1 unspecified atom stereocenters. The van der Waals surface area contributed by atoms with Crippen molar-refractivity contribution >= 4 is 45.8 Å². The maximum Gasteiger partial charge on any atom is 0.312 e. The lowest BCUT2D eigenvalue weighted by Crippen LogP contribution is -2.26. The third-order valence-corrected chi connectivity index (χ3v) is 3.88. The van der Waals surface area contributed by atoms with Crippen LogP contribution < -0.4 is 4.90 Å². The summed E-state index contributed by atoms with van der Waals surface area (Å²) in [7, 11) is 0. The molecule has 8 heteroatoms. The molecule has 18 heavy (non-hydrogen) atoms. The van der Waals surface area contributed by atoms with E-state index < -0.39 is 4.92 Å². The molecule has 0 saturated carbocycles. The van der Waals surface area contributed by atoms with Gasteiger partial charge in [-0.25, -0.2) is 0 Å². The second kappa shape index (κ2) is 5.23. The number of nitrogens with zero attached hydrogens (tertiary/aromatic N) is 3. The predicted octanol–water partition coefficient (Wildman–Crippen LogP) is 2.04. The molecule has 0 radical (unpaired) electrons. The van der Waals surface area contributed by atoms with Gasteiger partial charge in [0.25, 0.3) is 0 Å². The van der Waals surface area contributed by atoms with Crippen molar-refractivity contribution in [3.05, 3.63) is 27.0 Å². The van der Waals surface area contributed by atoms with E-state index in [1.165, 1.54) is 11.1 Å². The lowest BCUT2D eigenvalue weighted by molar-refractivity contribution is -0.384. The predicted molar refractivity (Wildman–Crippen MR) is 72.9 cm³/mol. The van der Waals surface area contributed by atoms with Crippen LogP contribution in [0.15, 0.2) is 16.9 Å². The maximum atomic E-state index is 11.9. The van der Waals surface area contributed by atoms with Crippen LogP contribution in [0.25, 0.3) is 0 Å². The van der Waals surface area contributed by atoms with Crippen LogP contribution in [0, 0.1) is 16.0 Å². The van der Waals surface area contributed by atoms with Gasteiger partial charge in [0.05, 0.1) is 9.40 Å². The number of hydrogen-bond donors (Lipinski definition) is 1. The van der Waals surface area contributed by atoms with Crippen molar-refractivity contribution < 1.29 is 9.72 Å². The zero-order chi connectivity index (χ0) is 13.3. The van der Waals surface area contributed by atoms with Gasteiger partial charge in [-0.2, -0.15) is 12.6 Å². The Balaban J connectivity index is 2.45. The molecule has 0 N–H and O–H groups in total. The number of carbonyl (C=O) groups is 1. The average Bonchev–Trinajstić information content (AvgIpc) is 2.70. The zero-order valence-corrected chi connectivity index (χ0v) is 11.7. The summed E-state index contributed by atoms with van der Waals surface area (Å²) in [6.45, 7) is 0.450. The lowest BCUT2D eigenvalue weighted by atomic mass is 10.1. The molecule has 1 atom stereocenters. The number of thiol groups is 1. The summed E-state index contributed by atoms with van der Waals surface area (Å²) in [5.41, 5.74) is 0.113. The van der Waals surface area contributed by atoms with Crippen molar-refractivity contribution in [2.45, 2.75) is 6.42 Å². The van der Waals surface area contributed by atoms with Crippen molar-refractivity contribution in [1.29, 1.82) is 0 Å². The molecule has 1 aliphatic rings. The summed E-state index contributed by atoms with van der Waals surface area (Å²) in [4.78, 5) is 27.5. The molecule has 0 spiro atoms. The first-order valence-electron chi connectivity index (χ1n) is 5.23. The second-order valence-corrected chi connectivity index (χ2v) is 5.22. The Hall–Kier alpha value is -1.15. The van der Waals surface area contributed by atoms with E-state index in [0.29, 0.717) is 23.2 Å². The van der Waals surface area contributed by atoms with Crippen molar-refractivity contribution in [1.82, 2.24) is 4.98 Å². The molecule has 0 aromatic carbocycles. The van der Waals surface area contributed by atoms with E-state index in [4.69, 9.17) is 0 Å². The summed E-state index contributed by atoms with van der Waals surface area (Å²) in [6.07, 6.45) is 2.97. The maximum absolute atomic E-state index is 11.9. The monoisotopic (exact) mass is 331 g/mol. The summed E-state index contributed by atoms with van der Waals surface area (Å²) in [5, 5.41) is 11.0. The first kappa shape index (κ1) is 13.3. The number of rotatable bonds is 3. The van der Waals surface area contributed by atoms with Gasteiger partial charge in [0, 0.05) is 19.2 Å². The molecule has 0 bridgehead atoms. The first-order chi connectivity index (χ1) is 8.54.